The number of benzene rings is 2. The van der Waals surface area contributed by atoms with Gasteiger partial charge in [0.05, 0.1) is 27.0 Å². The van der Waals surface area contributed by atoms with Gasteiger partial charge in [-0.05, 0) is 48.5 Å². The Balaban J connectivity index is 1.38. The Labute approximate surface area is 191 Å². The number of nitrogens with one attached hydrogen (secondary N) is 1. The first kappa shape index (κ1) is 22.2. The Morgan fingerprint density at radius 1 is 0.788 bits per heavy atom. The first-order valence-electron chi connectivity index (χ1n) is 10.5. The highest BCUT2D eigenvalue weighted by Gasteiger charge is 2.27. The van der Waals surface area contributed by atoms with E-state index in [-0.39, 0.29) is 11.8 Å². The SMILES string of the molecule is COc1ccc(-c2cc(C(=O)N3CCN(C(=O)c4ccc(OC)c(OC)c4)CC3)[nH]n2)cc1. The van der Waals surface area contributed by atoms with E-state index in [1.807, 2.05) is 24.3 Å². The summed E-state index contributed by atoms with van der Waals surface area (Å²) in [5.41, 5.74) is 2.50. The quantitative estimate of drug-likeness (QED) is 0.620. The number of rotatable bonds is 6. The smallest absolute Gasteiger partial charge is 0.272 e. The molecule has 1 fully saturated rings. The van der Waals surface area contributed by atoms with Crippen molar-refractivity contribution < 1.29 is 23.8 Å². The van der Waals surface area contributed by atoms with Gasteiger partial charge in [0.25, 0.3) is 11.8 Å². The number of hydrogen-bond acceptors (Lipinski definition) is 6. The maximum absolute atomic E-state index is 12.9. The second-order valence-corrected chi connectivity index (χ2v) is 7.55. The molecular weight excluding hydrogens is 424 g/mol. The molecule has 2 aromatic carbocycles. The van der Waals surface area contributed by atoms with Gasteiger partial charge in [0.15, 0.2) is 11.5 Å². The average molecular weight is 450 g/mol. The average Bonchev–Trinajstić information content (AvgIpc) is 3.38. The molecule has 1 N–H and O–H groups in total. The predicted molar refractivity (Wildman–Crippen MR) is 122 cm³/mol. The minimum atomic E-state index is -0.138. The fourth-order valence-corrected chi connectivity index (χ4v) is 3.78. The van der Waals surface area contributed by atoms with Crippen molar-refractivity contribution in [1.82, 2.24) is 20.0 Å². The maximum Gasteiger partial charge on any atom is 0.272 e. The molecule has 1 aliphatic heterocycles. The summed E-state index contributed by atoms with van der Waals surface area (Å²) in [7, 11) is 4.70. The fourth-order valence-electron chi connectivity index (χ4n) is 3.78. The van der Waals surface area contributed by atoms with Gasteiger partial charge in [-0.1, -0.05) is 0 Å². The largest absolute Gasteiger partial charge is 0.497 e. The van der Waals surface area contributed by atoms with Crippen LogP contribution in [0, 0.1) is 0 Å². The van der Waals surface area contributed by atoms with Crippen molar-refractivity contribution in [3.8, 4) is 28.5 Å². The molecule has 0 atom stereocenters. The molecule has 1 aliphatic rings. The zero-order chi connectivity index (χ0) is 23.4. The molecule has 0 aliphatic carbocycles. The summed E-state index contributed by atoms with van der Waals surface area (Å²) in [6.45, 7) is 1.76. The van der Waals surface area contributed by atoms with E-state index in [9.17, 15) is 9.59 Å². The van der Waals surface area contributed by atoms with Crippen molar-refractivity contribution >= 4 is 11.8 Å². The van der Waals surface area contributed by atoms with E-state index in [4.69, 9.17) is 14.2 Å². The van der Waals surface area contributed by atoms with Crippen LogP contribution in [0.15, 0.2) is 48.5 Å². The highest BCUT2D eigenvalue weighted by Crippen LogP contribution is 2.28. The molecule has 3 aromatic rings. The Morgan fingerprint density at radius 2 is 1.42 bits per heavy atom. The minimum absolute atomic E-state index is 0.105. The molecule has 1 aromatic heterocycles. The summed E-state index contributed by atoms with van der Waals surface area (Å²) in [4.78, 5) is 29.3. The number of aromatic nitrogens is 2. The summed E-state index contributed by atoms with van der Waals surface area (Å²) >= 11 is 0. The van der Waals surface area contributed by atoms with Crippen molar-refractivity contribution in [2.75, 3.05) is 47.5 Å². The first-order valence-corrected chi connectivity index (χ1v) is 10.5. The summed E-state index contributed by atoms with van der Waals surface area (Å²) < 4.78 is 15.7. The molecule has 0 bridgehead atoms. The second kappa shape index (κ2) is 9.64. The highest BCUT2D eigenvalue weighted by molar-refractivity contribution is 5.96. The normalized spacial score (nSPS) is 13.5. The molecule has 2 amide bonds. The fraction of sp³-hybridized carbons (Fsp3) is 0.292. The van der Waals surface area contributed by atoms with Crippen molar-refractivity contribution in [1.29, 1.82) is 0 Å². The van der Waals surface area contributed by atoms with Crippen LogP contribution in [0.25, 0.3) is 11.3 Å². The van der Waals surface area contributed by atoms with Gasteiger partial charge in [0.1, 0.15) is 11.4 Å². The van der Waals surface area contributed by atoms with Gasteiger partial charge in [-0.25, -0.2) is 0 Å². The van der Waals surface area contributed by atoms with Crippen LogP contribution < -0.4 is 14.2 Å². The summed E-state index contributed by atoms with van der Waals surface area (Å²) in [5.74, 6) is 1.58. The zero-order valence-electron chi connectivity index (χ0n) is 18.8. The number of H-pyrrole nitrogens is 1. The third kappa shape index (κ3) is 4.62. The zero-order valence-corrected chi connectivity index (χ0v) is 18.8. The number of nitrogens with zero attached hydrogens (tertiary/aromatic N) is 3. The molecule has 33 heavy (non-hydrogen) atoms. The highest BCUT2D eigenvalue weighted by atomic mass is 16.5. The van der Waals surface area contributed by atoms with Crippen LogP contribution in [-0.4, -0.2) is 79.3 Å². The Morgan fingerprint density at radius 3 is 2.03 bits per heavy atom. The Kier molecular flexibility index (Phi) is 6.48. The maximum atomic E-state index is 12.9. The lowest BCUT2D eigenvalue weighted by Gasteiger charge is -2.34. The molecule has 0 radical (unpaired) electrons. The second-order valence-electron chi connectivity index (χ2n) is 7.55. The Hall–Kier alpha value is -4.01. The van der Waals surface area contributed by atoms with Gasteiger partial charge in [0, 0.05) is 37.3 Å². The molecule has 9 nitrogen and oxygen atoms in total. The van der Waals surface area contributed by atoms with E-state index >= 15 is 0 Å². The number of methoxy groups -OCH3 is 3. The van der Waals surface area contributed by atoms with E-state index in [0.717, 1.165) is 11.3 Å². The van der Waals surface area contributed by atoms with Crippen molar-refractivity contribution in [2.24, 2.45) is 0 Å². The van der Waals surface area contributed by atoms with E-state index < -0.39 is 0 Å². The lowest BCUT2D eigenvalue weighted by Crippen LogP contribution is -2.50. The molecule has 2 heterocycles. The predicted octanol–water partition coefficient (Wildman–Crippen LogP) is 2.70. The van der Waals surface area contributed by atoms with Crippen LogP contribution >= 0.6 is 0 Å². The first-order chi connectivity index (χ1) is 16.0. The molecule has 172 valence electrons. The van der Waals surface area contributed by atoms with Gasteiger partial charge < -0.3 is 24.0 Å². The van der Waals surface area contributed by atoms with E-state index in [1.165, 1.54) is 7.11 Å². The molecule has 9 heteroatoms. The van der Waals surface area contributed by atoms with Crippen LogP contribution in [0.4, 0.5) is 0 Å². The van der Waals surface area contributed by atoms with Crippen molar-refractivity contribution in [3.63, 3.8) is 0 Å². The minimum Gasteiger partial charge on any atom is -0.497 e. The van der Waals surface area contributed by atoms with Crippen LogP contribution in [0.1, 0.15) is 20.8 Å². The summed E-state index contributed by atoms with van der Waals surface area (Å²) in [5, 5.41) is 7.11. The number of hydrogen-bond donors (Lipinski definition) is 1. The third-order valence-electron chi connectivity index (χ3n) is 5.68. The Bertz CT molecular complexity index is 1130. The van der Waals surface area contributed by atoms with E-state index in [2.05, 4.69) is 10.2 Å². The number of amides is 2. The topological polar surface area (TPSA) is 97.0 Å². The monoisotopic (exact) mass is 450 g/mol. The third-order valence-corrected chi connectivity index (χ3v) is 5.68. The molecule has 1 saturated heterocycles. The van der Waals surface area contributed by atoms with Crippen molar-refractivity contribution in [3.05, 3.63) is 59.8 Å². The molecule has 0 spiro atoms. The number of aromatic amines is 1. The van der Waals surface area contributed by atoms with Gasteiger partial charge in [-0.15, -0.1) is 0 Å². The van der Waals surface area contributed by atoms with E-state index in [1.54, 1.807) is 48.3 Å². The lowest BCUT2D eigenvalue weighted by atomic mass is 10.1. The van der Waals surface area contributed by atoms with Gasteiger partial charge in [-0.2, -0.15) is 5.10 Å². The number of carbonyl (C=O) groups is 2. The molecular formula is C24H26N4O5. The number of ether oxygens (including phenoxy) is 3. The molecule has 0 saturated carbocycles. The standard InChI is InChI=1S/C24H26N4O5/c1-31-18-7-4-16(5-8-18)19-15-20(26-25-19)24(30)28-12-10-27(11-13-28)23(29)17-6-9-21(32-2)22(14-17)33-3/h4-9,14-15H,10-13H2,1-3H3,(H,25,26). The van der Waals surface area contributed by atoms with Gasteiger partial charge >= 0.3 is 0 Å². The number of carbonyl (C=O) groups excluding carboxylic acids is 2. The molecule has 4 rings (SSSR count). The van der Waals surface area contributed by atoms with Crippen LogP contribution in [0.3, 0.4) is 0 Å². The summed E-state index contributed by atoms with van der Waals surface area (Å²) in [6.07, 6.45) is 0. The van der Waals surface area contributed by atoms with Crippen LogP contribution in [0.2, 0.25) is 0 Å². The van der Waals surface area contributed by atoms with Crippen LogP contribution in [0.5, 0.6) is 17.2 Å². The van der Waals surface area contributed by atoms with Gasteiger partial charge in [0.2, 0.25) is 0 Å². The van der Waals surface area contributed by atoms with Crippen molar-refractivity contribution in [2.45, 2.75) is 0 Å². The summed E-state index contributed by atoms with van der Waals surface area (Å²) in [6, 6.07) is 14.3. The van der Waals surface area contributed by atoms with Crippen LogP contribution in [-0.2, 0) is 0 Å². The lowest BCUT2D eigenvalue weighted by molar-refractivity contribution is 0.0532. The number of piperazine rings is 1. The molecule has 0 unspecified atom stereocenters. The van der Waals surface area contributed by atoms with E-state index in [0.29, 0.717) is 54.6 Å². The van der Waals surface area contributed by atoms with Gasteiger partial charge in [-0.3, -0.25) is 14.7 Å².